The number of hydrogen-bond donors (Lipinski definition) is 2. The van der Waals surface area contributed by atoms with Gasteiger partial charge >= 0.3 is 0 Å². The molecule has 2 amide bonds. The highest BCUT2D eigenvalue weighted by Gasteiger charge is 2.35. The highest BCUT2D eigenvalue weighted by molar-refractivity contribution is 5.99. The molecule has 0 aromatic heterocycles. The zero-order valence-electron chi connectivity index (χ0n) is 16.4. The van der Waals surface area contributed by atoms with Gasteiger partial charge in [-0.3, -0.25) is 9.59 Å². The van der Waals surface area contributed by atoms with Crippen LogP contribution in [-0.2, 0) is 4.74 Å². The van der Waals surface area contributed by atoms with E-state index in [0.29, 0.717) is 25.3 Å². The number of carbonyl (C=O) groups excluding carboxylic acids is 2. The van der Waals surface area contributed by atoms with Crippen molar-refractivity contribution in [2.75, 3.05) is 32.1 Å². The zero-order chi connectivity index (χ0) is 19.9. The van der Waals surface area contributed by atoms with Crippen LogP contribution < -0.4 is 10.6 Å². The van der Waals surface area contributed by atoms with E-state index in [-0.39, 0.29) is 18.0 Å². The van der Waals surface area contributed by atoms with E-state index in [9.17, 15) is 9.59 Å². The second kappa shape index (κ2) is 9.37. The third kappa shape index (κ3) is 4.34. The molecule has 6 heteroatoms. The van der Waals surface area contributed by atoms with E-state index >= 15 is 0 Å². The first kappa shape index (κ1) is 19.9. The van der Waals surface area contributed by atoms with Crippen molar-refractivity contribution in [3.63, 3.8) is 0 Å². The zero-order valence-corrected chi connectivity index (χ0v) is 16.4. The smallest absolute Gasteiger partial charge is 0.256 e. The van der Waals surface area contributed by atoms with Gasteiger partial charge in [0, 0.05) is 49.2 Å². The fourth-order valence-electron chi connectivity index (χ4n) is 3.43. The number of nitrogens with one attached hydrogen (secondary N) is 2. The second-order valence-electron chi connectivity index (χ2n) is 6.82. The normalized spacial score (nSPS) is 15.4. The predicted octanol–water partition coefficient (Wildman–Crippen LogP) is 3.43. The summed E-state index contributed by atoms with van der Waals surface area (Å²) >= 11 is 0. The number of rotatable bonds is 9. The summed E-state index contributed by atoms with van der Waals surface area (Å²) in [5.74, 6) is -0.0740. The van der Waals surface area contributed by atoms with Gasteiger partial charge in [0.25, 0.3) is 11.8 Å². The number of anilines is 1. The third-order valence-electron chi connectivity index (χ3n) is 4.76. The van der Waals surface area contributed by atoms with E-state index in [1.54, 1.807) is 13.2 Å². The summed E-state index contributed by atoms with van der Waals surface area (Å²) in [6, 6.07) is 15.0. The van der Waals surface area contributed by atoms with Crippen molar-refractivity contribution < 1.29 is 14.3 Å². The molecule has 1 aliphatic rings. The summed E-state index contributed by atoms with van der Waals surface area (Å²) in [5.41, 5.74) is 3.10. The minimum atomic E-state index is -0.233. The number of amides is 2. The average molecular weight is 381 g/mol. The van der Waals surface area contributed by atoms with Gasteiger partial charge in [0.05, 0.1) is 0 Å². The van der Waals surface area contributed by atoms with Crippen LogP contribution in [0.25, 0.3) is 0 Å². The predicted molar refractivity (Wildman–Crippen MR) is 109 cm³/mol. The molecule has 0 radical (unpaired) electrons. The van der Waals surface area contributed by atoms with Gasteiger partial charge in [0.15, 0.2) is 0 Å². The van der Waals surface area contributed by atoms with Crippen LogP contribution in [0, 0.1) is 0 Å². The average Bonchev–Trinajstić information content (AvgIpc) is 2.98. The number of nitrogens with zero attached hydrogens (tertiary/aromatic N) is 1. The van der Waals surface area contributed by atoms with Gasteiger partial charge in [0.1, 0.15) is 6.17 Å². The fraction of sp³-hybridized carbons (Fsp3) is 0.364. The number of benzene rings is 2. The SMILES string of the molecule is CCCN1C(=O)c2ccccc2C1Nc1cccc(C(=O)NCCCOC)c1. The van der Waals surface area contributed by atoms with Gasteiger partial charge in [-0.2, -0.15) is 0 Å². The van der Waals surface area contributed by atoms with Crippen molar-refractivity contribution in [3.05, 3.63) is 65.2 Å². The first-order valence-corrected chi connectivity index (χ1v) is 9.69. The summed E-state index contributed by atoms with van der Waals surface area (Å²) in [6.45, 7) is 3.91. The summed E-state index contributed by atoms with van der Waals surface area (Å²) < 4.78 is 5.00. The molecule has 0 spiro atoms. The molecule has 148 valence electrons. The van der Waals surface area contributed by atoms with E-state index in [1.165, 1.54) is 0 Å². The van der Waals surface area contributed by atoms with Crippen molar-refractivity contribution in [2.45, 2.75) is 25.9 Å². The number of methoxy groups -OCH3 is 1. The first-order chi connectivity index (χ1) is 13.7. The van der Waals surface area contributed by atoms with Crippen molar-refractivity contribution in [2.24, 2.45) is 0 Å². The molecule has 2 aromatic rings. The van der Waals surface area contributed by atoms with Crippen LogP contribution in [0.2, 0.25) is 0 Å². The Kier molecular flexibility index (Phi) is 6.66. The fourth-order valence-corrected chi connectivity index (χ4v) is 3.43. The van der Waals surface area contributed by atoms with Gasteiger partial charge in [-0.05, 0) is 37.1 Å². The Bertz CT molecular complexity index is 837. The van der Waals surface area contributed by atoms with Gasteiger partial charge in [0.2, 0.25) is 0 Å². The largest absolute Gasteiger partial charge is 0.385 e. The Labute approximate surface area is 165 Å². The molecular weight excluding hydrogens is 354 g/mol. The second-order valence-corrected chi connectivity index (χ2v) is 6.82. The molecule has 0 bridgehead atoms. The number of hydrogen-bond acceptors (Lipinski definition) is 4. The Balaban J connectivity index is 1.75. The lowest BCUT2D eigenvalue weighted by Crippen LogP contribution is -2.33. The molecule has 6 nitrogen and oxygen atoms in total. The van der Waals surface area contributed by atoms with E-state index in [2.05, 4.69) is 17.6 Å². The lowest BCUT2D eigenvalue weighted by Gasteiger charge is -2.27. The maximum atomic E-state index is 12.7. The van der Waals surface area contributed by atoms with Crippen molar-refractivity contribution >= 4 is 17.5 Å². The number of fused-ring (bicyclic) bond motifs is 1. The lowest BCUT2D eigenvalue weighted by molar-refractivity contribution is 0.0742. The van der Waals surface area contributed by atoms with Crippen LogP contribution in [0.5, 0.6) is 0 Å². The third-order valence-corrected chi connectivity index (χ3v) is 4.76. The van der Waals surface area contributed by atoms with Crippen LogP contribution in [0.4, 0.5) is 5.69 Å². The summed E-state index contributed by atoms with van der Waals surface area (Å²) in [7, 11) is 1.64. The highest BCUT2D eigenvalue weighted by atomic mass is 16.5. The molecule has 0 saturated heterocycles. The van der Waals surface area contributed by atoms with E-state index < -0.39 is 0 Å². The van der Waals surface area contributed by atoms with E-state index in [0.717, 1.165) is 29.7 Å². The van der Waals surface area contributed by atoms with Crippen LogP contribution >= 0.6 is 0 Å². The topological polar surface area (TPSA) is 70.7 Å². The van der Waals surface area contributed by atoms with Crippen LogP contribution in [0.1, 0.15) is 52.2 Å². The quantitative estimate of drug-likeness (QED) is 0.653. The minimum Gasteiger partial charge on any atom is -0.385 e. The number of carbonyl (C=O) groups is 2. The van der Waals surface area contributed by atoms with Gasteiger partial charge < -0.3 is 20.3 Å². The Morgan fingerprint density at radius 1 is 1.18 bits per heavy atom. The van der Waals surface area contributed by atoms with E-state index in [1.807, 2.05) is 47.4 Å². The first-order valence-electron chi connectivity index (χ1n) is 9.69. The van der Waals surface area contributed by atoms with Gasteiger partial charge in [-0.15, -0.1) is 0 Å². The Morgan fingerprint density at radius 3 is 2.79 bits per heavy atom. The maximum absolute atomic E-state index is 12.7. The molecule has 0 fully saturated rings. The lowest BCUT2D eigenvalue weighted by atomic mass is 10.1. The molecule has 0 saturated carbocycles. The van der Waals surface area contributed by atoms with Crippen LogP contribution in [0.15, 0.2) is 48.5 Å². The maximum Gasteiger partial charge on any atom is 0.256 e. The van der Waals surface area contributed by atoms with Crippen LogP contribution in [-0.4, -0.2) is 43.5 Å². The summed E-state index contributed by atoms with van der Waals surface area (Å²) in [4.78, 5) is 27.0. The summed E-state index contributed by atoms with van der Waals surface area (Å²) in [5, 5.41) is 6.33. The molecule has 3 rings (SSSR count). The van der Waals surface area contributed by atoms with E-state index in [4.69, 9.17) is 4.74 Å². The van der Waals surface area contributed by atoms with Gasteiger partial charge in [-0.1, -0.05) is 31.2 Å². The number of ether oxygens (including phenoxy) is 1. The van der Waals surface area contributed by atoms with Crippen LogP contribution in [0.3, 0.4) is 0 Å². The molecular formula is C22H27N3O3. The minimum absolute atomic E-state index is 0.0435. The Hall–Kier alpha value is -2.86. The standard InChI is InChI=1S/C22H27N3O3/c1-3-13-25-20(18-10-4-5-11-19(18)22(25)27)24-17-9-6-8-16(15-17)21(26)23-12-7-14-28-2/h4-6,8-11,15,20,24H,3,7,12-14H2,1-2H3,(H,23,26). The van der Waals surface area contributed by atoms with Crippen molar-refractivity contribution in [3.8, 4) is 0 Å². The molecule has 1 aliphatic heterocycles. The molecule has 28 heavy (non-hydrogen) atoms. The molecule has 2 aromatic carbocycles. The molecule has 1 unspecified atom stereocenters. The summed E-state index contributed by atoms with van der Waals surface area (Å²) in [6.07, 6.45) is 1.42. The molecule has 2 N–H and O–H groups in total. The van der Waals surface area contributed by atoms with Crippen molar-refractivity contribution in [1.29, 1.82) is 0 Å². The van der Waals surface area contributed by atoms with Gasteiger partial charge in [-0.25, -0.2) is 0 Å². The molecule has 1 heterocycles. The highest BCUT2D eigenvalue weighted by Crippen LogP contribution is 2.34. The molecule has 1 atom stereocenters. The van der Waals surface area contributed by atoms with Crippen molar-refractivity contribution in [1.82, 2.24) is 10.2 Å². The molecule has 0 aliphatic carbocycles. The monoisotopic (exact) mass is 381 g/mol. The Morgan fingerprint density at radius 2 is 2.00 bits per heavy atom.